The summed E-state index contributed by atoms with van der Waals surface area (Å²) in [5.41, 5.74) is -0.0227. The number of hydrogen-bond donors (Lipinski definition) is 1. The lowest BCUT2D eigenvalue weighted by Crippen LogP contribution is -2.50. The van der Waals surface area contributed by atoms with Gasteiger partial charge in [-0.3, -0.25) is 24.1 Å². The number of carbonyl (C=O) groups is 5. The minimum atomic E-state index is -1.12. The van der Waals surface area contributed by atoms with E-state index in [0.717, 1.165) is 4.90 Å². The predicted octanol–water partition coefficient (Wildman–Crippen LogP) is 1.74. The number of nitrogens with zero attached hydrogens (tertiary/aromatic N) is 3. The average Bonchev–Trinajstić information content (AvgIpc) is 3.08. The number of likely N-dealkylation sites (tertiary alicyclic amines) is 1. The van der Waals surface area contributed by atoms with E-state index in [2.05, 4.69) is 5.32 Å². The molecule has 1 unspecified atom stereocenters. The highest BCUT2D eigenvalue weighted by Gasteiger charge is 2.50. The molecule has 11 heteroatoms. The number of carbonyl (C=O) groups excluding carboxylic acids is 5. The van der Waals surface area contributed by atoms with E-state index in [9.17, 15) is 28.9 Å². The van der Waals surface area contributed by atoms with Gasteiger partial charge in [0.05, 0.1) is 28.3 Å². The van der Waals surface area contributed by atoms with Crippen LogP contribution in [0.2, 0.25) is 0 Å². The molecule has 3 heterocycles. The van der Waals surface area contributed by atoms with E-state index >= 15 is 0 Å². The fourth-order valence-corrected chi connectivity index (χ4v) is 4.83. The number of nitroso groups, excluding NO2 is 1. The molecule has 1 atom stereocenters. The number of piperidine rings is 2. The molecular weight excluding hydrogens is 468 g/mol. The molecule has 2 fully saturated rings. The van der Waals surface area contributed by atoms with Crippen molar-refractivity contribution in [3.05, 3.63) is 34.2 Å². The lowest BCUT2D eigenvalue weighted by molar-refractivity contribution is -0.479. The molecule has 2 saturated heterocycles. The van der Waals surface area contributed by atoms with E-state index < -0.39 is 29.4 Å². The van der Waals surface area contributed by atoms with Crippen molar-refractivity contribution in [2.75, 3.05) is 31.5 Å². The van der Waals surface area contributed by atoms with Crippen LogP contribution >= 0.6 is 0 Å². The number of imide groups is 1. The lowest BCUT2D eigenvalue weighted by Gasteiger charge is -2.32. The third-order valence-corrected chi connectivity index (χ3v) is 6.65. The van der Waals surface area contributed by atoms with Crippen molar-refractivity contribution < 1.29 is 33.5 Å². The number of benzene rings is 1. The molecule has 1 aromatic rings. The van der Waals surface area contributed by atoms with Crippen LogP contribution in [0.4, 0.5) is 5.69 Å². The zero-order valence-electron chi connectivity index (χ0n) is 20.7. The number of ether oxygens (including phenoxy) is 1. The van der Waals surface area contributed by atoms with Gasteiger partial charge in [0.15, 0.2) is 6.04 Å². The van der Waals surface area contributed by atoms with Crippen LogP contribution in [0.5, 0.6) is 0 Å². The van der Waals surface area contributed by atoms with Gasteiger partial charge in [0.1, 0.15) is 5.60 Å². The first-order chi connectivity index (χ1) is 17.0. The second kappa shape index (κ2) is 9.79. The molecule has 0 bridgehead atoms. The number of rotatable bonds is 5. The summed E-state index contributed by atoms with van der Waals surface area (Å²) < 4.78 is 5.74. The molecule has 0 spiro atoms. The zero-order valence-corrected chi connectivity index (χ0v) is 20.7. The van der Waals surface area contributed by atoms with Gasteiger partial charge >= 0.3 is 11.9 Å². The van der Waals surface area contributed by atoms with Crippen LogP contribution in [0, 0.1) is 10.8 Å². The van der Waals surface area contributed by atoms with Crippen LogP contribution in [0.25, 0.3) is 0 Å². The summed E-state index contributed by atoms with van der Waals surface area (Å²) in [5, 5.41) is 2.96. The minimum absolute atomic E-state index is 0.0441. The Balaban J connectivity index is 1.39. The second-order valence-electron chi connectivity index (χ2n) is 10.3. The van der Waals surface area contributed by atoms with Gasteiger partial charge < -0.3 is 15.0 Å². The predicted molar refractivity (Wildman–Crippen MR) is 127 cm³/mol. The van der Waals surface area contributed by atoms with Crippen molar-refractivity contribution in [2.45, 2.75) is 58.1 Å². The monoisotopic (exact) mass is 499 g/mol. The zero-order chi connectivity index (χ0) is 26.2. The molecular formula is C25H31N4O7+. The van der Waals surface area contributed by atoms with E-state index in [-0.39, 0.29) is 48.4 Å². The van der Waals surface area contributed by atoms with Gasteiger partial charge in [0.25, 0.3) is 11.8 Å². The van der Waals surface area contributed by atoms with Gasteiger partial charge in [0.2, 0.25) is 12.5 Å². The van der Waals surface area contributed by atoms with Crippen LogP contribution in [0.15, 0.2) is 18.2 Å². The highest BCUT2D eigenvalue weighted by molar-refractivity contribution is 6.25. The maximum absolute atomic E-state index is 13.2. The molecule has 0 saturated carbocycles. The standard InChI is InChI=1S/C25H30N4O7/c1-25(2,3)36-24(34)15-9-12-27(13-10-15)19(30)14-26-17-7-4-6-16-20(17)23(33)29(21(16)31)18-8-5-11-28(35)22(18)32/h4,6-7,15,18H,5,8-14H2,1-3H3/p+1. The van der Waals surface area contributed by atoms with E-state index in [1.807, 2.05) is 20.8 Å². The molecule has 36 heavy (non-hydrogen) atoms. The molecule has 1 aromatic carbocycles. The van der Waals surface area contributed by atoms with Gasteiger partial charge in [-0.2, -0.15) is 0 Å². The summed E-state index contributed by atoms with van der Waals surface area (Å²) in [6.45, 7) is 6.22. The van der Waals surface area contributed by atoms with Crippen molar-refractivity contribution in [1.29, 1.82) is 0 Å². The van der Waals surface area contributed by atoms with Crippen LogP contribution in [0.1, 0.15) is 67.2 Å². The average molecular weight is 500 g/mol. The first kappa shape index (κ1) is 25.5. The van der Waals surface area contributed by atoms with Gasteiger partial charge in [-0.25, -0.2) is 4.79 Å². The summed E-state index contributed by atoms with van der Waals surface area (Å²) in [5.74, 6) is -2.78. The third kappa shape index (κ3) is 5.00. The normalized spacial score (nSPS) is 21.0. The molecule has 0 aromatic heterocycles. The van der Waals surface area contributed by atoms with Crippen LogP contribution < -0.4 is 5.32 Å². The Morgan fingerprint density at radius 2 is 1.78 bits per heavy atom. The Labute approximate surface area is 208 Å². The Morgan fingerprint density at radius 3 is 2.44 bits per heavy atom. The third-order valence-electron chi connectivity index (χ3n) is 6.65. The quantitative estimate of drug-likeness (QED) is 0.368. The Hall–Kier alpha value is -3.63. The van der Waals surface area contributed by atoms with Gasteiger partial charge in [-0.15, -0.1) is 0 Å². The van der Waals surface area contributed by atoms with Gasteiger partial charge in [-0.1, -0.05) is 6.07 Å². The molecule has 11 nitrogen and oxygen atoms in total. The SMILES string of the molecule is CC(C)(C)OC(=O)C1CCN(C(=O)CNc2cccc3c2C(=O)N(C2CCC[N+](=O)C2=O)C3=O)CC1. The van der Waals surface area contributed by atoms with Crippen LogP contribution in [-0.2, 0) is 19.1 Å². The number of fused-ring (bicyclic) bond motifs is 1. The summed E-state index contributed by atoms with van der Waals surface area (Å²) >= 11 is 0. The maximum Gasteiger partial charge on any atom is 0.455 e. The Morgan fingerprint density at radius 1 is 1.08 bits per heavy atom. The van der Waals surface area contributed by atoms with Crippen molar-refractivity contribution in [1.82, 2.24) is 9.80 Å². The fourth-order valence-electron chi connectivity index (χ4n) is 4.83. The molecule has 4 rings (SSSR count). The number of amides is 4. The van der Waals surface area contributed by atoms with E-state index in [0.29, 0.717) is 42.8 Å². The van der Waals surface area contributed by atoms with E-state index in [1.165, 1.54) is 6.07 Å². The molecule has 3 aliphatic rings. The van der Waals surface area contributed by atoms with Crippen molar-refractivity contribution >= 4 is 35.3 Å². The van der Waals surface area contributed by atoms with Gasteiger partial charge in [0, 0.05) is 30.1 Å². The fraction of sp³-hybridized carbons (Fsp3) is 0.560. The van der Waals surface area contributed by atoms with E-state index in [4.69, 9.17) is 4.74 Å². The van der Waals surface area contributed by atoms with Gasteiger partial charge in [-0.05, 0) is 52.2 Å². The first-order valence-corrected chi connectivity index (χ1v) is 12.2. The summed E-state index contributed by atoms with van der Waals surface area (Å²) in [6.07, 6.45) is 1.66. The second-order valence-corrected chi connectivity index (χ2v) is 10.3. The summed E-state index contributed by atoms with van der Waals surface area (Å²) in [4.78, 5) is 77.9. The highest BCUT2D eigenvalue weighted by atomic mass is 16.6. The van der Waals surface area contributed by atoms with Crippen molar-refractivity contribution in [3.8, 4) is 0 Å². The van der Waals surface area contributed by atoms with E-state index in [1.54, 1.807) is 17.0 Å². The smallest absolute Gasteiger partial charge is 0.455 e. The molecule has 0 radical (unpaired) electrons. The number of hydrogen-bond acceptors (Lipinski definition) is 8. The maximum atomic E-state index is 13.2. The number of esters is 1. The Kier molecular flexibility index (Phi) is 6.92. The number of nitrogens with one attached hydrogen (secondary N) is 1. The van der Waals surface area contributed by atoms with Crippen molar-refractivity contribution in [3.63, 3.8) is 0 Å². The minimum Gasteiger partial charge on any atom is -0.460 e. The molecule has 192 valence electrons. The van der Waals surface area contributed by atoms with Crippen molar-refractivity contribution in [2.24, 2.45) is 5.92 Å². The molecule has 0 aliphatic carbocycles. The Bertz CT molecular complexity index is 1130. The molecule has 4 amide bonds. The highest BCUT2D eigenvalue weighted by Crippen LogP contribution is 2.32. The molecule has 1 N–H and O–H groups in total. The van der Waals surface area contributed by atoms with Crippen LogP contribution in [-0.4, -0.2) is 82.0 Å². The summed E-state index contributed by atoms with van der Waals surface area (Å²) in [7, 11) is 0. The lowest BCUT2D eigenvalue weighted by atomic mass is 9.96. The number of anilines is 1. The summed E-state index contributed by atoms with van der Waals surface area (Å²) in [6, 6.07) is 3.56. The topological polar surface area (TPSA) is 133 Å². The molecule has 3 aliphatic heterocycles. The first-order valence-electron chi connectivity index (χ1n) is 12.2. The van der Waals surface area contributed by atoms with Crippen LogP contribution in [0.3, 0.4) is 0 Å². The largest absolute Gasteiger partial charge is 0.460 e.